The van der Waals surface area contributed by atoms with Gasteiger partial charge in [-0.1, -0.05) is 31.5 Å². The summed E-state index contributed by atoms with van der Waals surface area (Å²) in [6, 6.07) is 8.67. The zero-order chi connectivity index (χ0) is 23.0. The van der Waals surface area contributed by atoms with E-state index in [1.165, 1.54) is 30.5 Å². The Kier molecular flexibility index (Phi) is 6.32. The van der Waals surface area contributed by atoms with Gasteiger partial charge in [0.25, 0.3) is 0 Å². The first kappa shape index (κ1) is 22.8. The number of fused-ring (bicyclic) bond motifs is 1. The van der Waals surface area contributed by atoms with Crippen LogP contribution in [0.2, 0.25) is 5.02 Å². The molecule has 1 aromatic heterocycles. The van der Waals surface area contributed by atoms with Gasteiger partial charge in [-0.2, -0.15) is 0 Å². The molecule has 8 heteroatoms. The summed E-state index contributed by atoms with van der Waals surface area (Å²) in [6.07, 6.45) is 4.20. The monoisotopic (exact) mass is 476 g/mol. The average molecular weight is 477 g/mol. The second-order valence-corrected chi connectivity index (χ2v) is 10.8. The molecule has 3 aromatic rings. The van der Waals surface area contributed by atoms with Crippen molar-refractivity contribution in [2.45, 2.75) is 49.4 Å². The fraction of sp³-hybridized carbons (Fsp3) is 0.375. The fourth-order valence-corrected chi connectivity index (χ4v) is 6.07. The summed E-state index contributed by atoms with van der Waals surface area (Å²) in [6.45, 7) is 6.11. The molecule has 0 radical (unpaired) electrons. The van der Waals surface area contributed by atoms with Gasteiger partial charge in [0, 0.05) is 30.9 Å². The molecule has 0 aliphatic carbocycles. The molecule has 0 spiro atoms. The number of halogens is 2. The van der Waals surface area contributed by atoms with Crippen molar-refractivity contribution < 1.29 is 12.8 Å². The van der Waals surface area contributed by atoms with Gasteiger partial charge in [-0.3, -0.25) is 4.79 Å². The van der Waals surface area contributed by atoms with E-state index in [4.69, 9.17) is 11.6 Å². The van der Waals surface area contributed by atoms with Gasteiger partial charge >= 0.3 is 0 Å². The second-order valence-electron chi connectivity index (χ2n) is 8.49. The number of rotatable bonds is 5. The first-order valence-electron chi connectivity index (χ1n) is 10.8. The van der Waals surface area contributed by atoms with Crippen molar-refractivity contribution in [1.82, 2.24) is 4.57 Å². The maximum atomic E-state index is 15.2. The van der Waals surface area contributed by atoms with Crippen LogP contribution in [0, 0.1) is 11.7 Å². The van der Waals surface area contributed by atoms with E-state index in [0.29, 0.717) is 23.7 Å². The van der Waals surface area contributed by atoms with Crippen LogP contribution in [-0.4, -0.2) is 26.1 Å². The summed E-state index contributed by atoms with van der Waals surface area (Å²) in [7, 11) is -4.13. The molecule has 0 N–H and O–H groups in total. The number of sulfone groups is 1. The Bertz CT molecular complexity index is 1340. The minimum absolute atomic E-state index is 0.0628. The molecule has 170 valence electrons. The summed E-state index contributed by atoms with van der Waals surface area (Å²) in [5.74, 6) is -0.0500. The highest BCUT2D eigenvalue weighted by molar-refractivity contribution is 7.91. The Morgan fingerprint density at radius 3 is 2.69 bits per heavy atom. The van der Waals surface area contributed by atoms with Gasteiger partial charge in [0.15, 0.2) is 0 Å². The number of pyridine rings is 1. The van der Waals surface area contributed by atoms with E-state index in [9.17, 15) is 13.2 Å². The molecule has 1 atom stereocenters. The molecule has 1 saturated heterocycles. The summed E-state index contributed by atoms with van der Waals surface area (Å²) in [4.78, 5) is 14.8. The van der Waals surface area contributed by atoms with Crippen LogP contribution in [0.15, 0.2) is 57.2 Å². The standard InChI is InChI=1S/C24H26ClFN2O3S/c1-3-9-27-15-23(32(30,31)18-8-4-7-17(25)11-18)24(29)19-12-20(26)22(13-21(19)27)28-10-5-6-16(2)14-28/h4,7-8,11-13,15-16H,3,5-6,9-10,14H2,1-2H3/t16-/m1/s1. The molecule has 1 aliphatic heterocycles. The Labute approximate surface area is 192 Å². The van der Waals surface area contributed by atoms with Crippen LogP contribution < -0.4 is 10.3 Å². The number of hydrogen-bond donors (Lipinski definition) is 0. The predicted molar refractivity (Wildman–Crippen MR) is 126 cm³/mol. The summed E-state index contributed by atoms with van der Waals surface area (Å²) in [5.41, 5.74) is 0.292. The van der Waals surface area contributed by atoms with Crippen LogP contribution >= 0.6 is 11.6 Å². The molecule has 0 saturated carbocycles. The minimum atomic E-state index is -4.13. The SMILES string of the molecule is CCCn1cc(S(=O)(=O)c2cccc(Cl)c2)c(=O)c2cc(F)c(N3CCC[C@@H](C)C3)cc21. The minimum Gasteiger partial charge on any atom is -0.369 e. The topological polar surface area (TPSA) is 59.4 Å². The average Bonchev–Trinajstić information content (AvgIpc) is 2.75. The number of aromatic nitrogens is 1. The lowest BCUT2D eigenvalue weighted by Gasteiger charge is -2.33. The van der Waals surface area contributed by atoms with Crippen molar-refractivity contribution in [3.63, 3.8) is 0 Å². The van der Waals surface area contributed by atoms with E-state index in [1.54, 1.807) is 16.7 Å². The van der Waals surface area contributed by atoms with Gasteiger partial charge in [0.1, 0.15) is 10.7 Å². The predicted octanol–water partition coefficient (Wildman–Crippen LogP) is 5.27. The molecule has 0 bridgehead atoms. The van der Waals surface area contributed by atoms with Crippen molar-refractivity contribution in [2.24, 2.45) is 5.92 Å². The van der Waals surface area contributed by atoms with Crippen LogP contribution in [0.5, 0.6) is 0 Å². The zero-order valence-corrected chi connectivity index (χ0v) is 19.7. The third-order valence-electron chi connectivity index (χ3n) is 5.97. The number of benzene rings is 2. The van der Waals surface area contributed by atoms with E-state index in [2.05, 4.69) is 6.92 Å². The second kappa shape index (κ2) is 8.87. The van der Waals surface area contributed by atoms with E-state index in [-0.39, 0.29) is 20.2 Å². The van der Waals surface area contributed by atoms with Crippen molar-refractivity contribution in [3.05, 3.63) is 63.7 Å². The van der Waals surface area contributed by atoms with Crippen LogP contribution in [-0.2, 0) is 16.4 Å². The van der Waals surface area contributed by atoms with Gasteiger partial charge in [0.2, 0.25) is 15.3 Å². The quantitative estimate of drug-likeness (QED) is 0.503. The number of hydrogen-bond acceptors (Lipinski definition) is 4. The highest BCUT2D eigenvalue weighted by Crippen LogP contribution is 2.30. The first-order chi connectivity index (χ1) is 15.2. The van der Waals surface area contributed by atoms with Crippen molar-refractivity contribution in [3.8, 4) is 0 Å². The van der Waals surface area contributed by atoms with Gasteiger partial charge in [-0.05, 0) is 55.5 Å². The van der Waals surface area contributed by atoms with Crippen LogP contribution in [0.4, 0.5) is 10.1 Å². The van der Waals surface area contributed by atoms with Crippen LogP contribution in [0.1, 0.15) is 33.1 Å². The van der Waals surface area contributed by atoms with Gasteiger partial charge in [0.05, 0.1) is 21.5 Å². The Morgan fingerprint density at radius 2 is 2.00 bits per heavy atom. The number of aryl methyl sites for hydroxylation is 1. The van der Waals surface area contributed by atoms with Crippen LogP contribution in [0.3, 0.4) is 0 Å². The summed E-state index contributed by atoms with van der Waals surface area (Å²) in [5, 5.41) is 0.319. The first-order valence-corrected chi connectivity index (χ1v) is 12.7. The molecule has 2 aromatic carbocycles. The molecule has 0 unspecified atom stereocenters. The maximum absolute atomic E-state index is 15.2. The molecular formula is C24H26ClFN2O3S. The van der Waals surface area contributed by atoms with Gasteiger partial charge < -0.3 is 9.47 Å². The van der Waals surface area contributed by atoms with E-state index < -0.39 is 21.1 Å². The van der Waals surface area contributed by atoms with Crippen molar-refractivity contribution in [2.75, 3.05) is 18.0 Å². The van der Waals surface area contributed by atoms with E-state index in [1.807, 2.05) is 11.8 Å². The van der Waals surface area contributed by atoms with Crippen molar-refractivity contribution in [1.29, 1.82) is 0 Å². The molecule has 1 fully saturated rings. The molecule has 5 nitrogen and oxygen atoms in total. The third-order valence-corrected chi connectivity index (χ3v) is 7.95. The van der Waals surface area contributed by atoms with E-state index in [0.717, 1.165) is 32.4 Å². The number of anilines is 1. The lowest BCUT2D eigenvalue weighted by Crippen LogP contribution is -2.35. The maximum Gasteiger partial charge on any atom is 0.211 e. The van der Waals surface area contributed by atoms with Crippen molar-refractivity contribution >= 4 is 38.0 Å². The Balaban J connectivity index is 1.93. The summed E-state index contributed by atoms with van der Waals surface area (Å²) < 4.78 is 43.5. The Morgan fingerprint density at radius 1 is 1.22 bits per heavy atom. The third kappa shape index (κ3) is 4.16. The highest BCUT2D eigenvalue weighted by atomic mass is 35.5. The highest BCUT2D eigenvalue weighted by Gasteiger charge is 2.26. The largest absolute Gasteiger partial charge is 0.369 e. The Hall–Kier alpha value is -2.38. The smallest absolute Gasteiger partial charge is 0.211 e. The van der Waals surface area contributed by atoms with Gasteiger partial charge in [-0.25, -0.2) is 12.8 Å². The molecular weight excluding hydrogens is 451 g/mol. The van der Waals surface area contributed by atoms with Gasteiger partial charge in [-0.15, -0.1) is 0 Å². The molecule has 1 aliphatic rings. The number of piperidine rings is 1. The lowest BCUT2D eigenvalue weighted by atomic mass is 9.99. The van der Waals surface area contributed by atoms with Crippen LogP contribution in [0.25, 0.3) is 10.9 Å². The van der Waals surface area contributed by atoms with E-state index >= 15 is 4.39 Å². The normalized spacial score (nSPS) is 17.1. The zero-order valence-electron chi connectivity index (χ0n) is 18.1. The molecule has 2 heterocycles. The molecule has 0 amide bonds. The molecule has 4 rings (SSSR count). The lowest BCUT2D eigenvalue weighted by molar-refractivity contribution is 0.442. The fourth-order valence-electron chi connectivity index (χ4n) is 4.40. The molecule has 32 heavy (non-hydrogen) atoms. The number of nitrogens with zero attached hydrogens (tertiary/aromatic N) is 2. The summed E-state index contributed by atoms with van der Waals surface area (Å²) >= 11 is 5.97.